The Hall–Kier alpha value is -1.30. The standard InChI is InChI=1S/C10H18N2O4/c1-7-4-3-5-12(8(7)2)10(15)11-16-6-9(13)14/h7-8H,3-6H2,1-2H3,(H,11,15)(H,13,14). The molecule has 1 heterocycles. The van der Waals surface area contributed by atoms with Gasteiger partial charge in [-0.2, -0.15) is 0 Å². The first-order valence-electron chi connectivity index (χ1n) is 5.42. The molecule has 0 aliphatic carbocycles. The second kappa shape index (κ2) is 5.69. The van der Waals surface area contributed by atoms with Gasteiger partial charge in [0.1, 0.15) is 0 Å². The zero-order chi connectivity index (χ0) is 12.1. The summed E-state index contributed by atoms with van der Waals surface area (Å²) < 4.78 is 0. The molecule has 1 saturated heterocycles. The maximum absolute atomic E-state index is 11.6. The van der Waals surface area contributed by atoms with E-state index < -0.39 is 12.6 Å². The number of nitrogens with zero attached hydrogens (tertiary/aromatic N) is 1. The maximum Gasteiger partial charge on any atom is 0.341 e. The molecule has 0 saturated carbocycles. The number of hydroxylamine groups is 1. The van der Waals surface area contributed by atoms with E-state index in [0.29, 0.717) is 12.5 Å². The Morgan fingerprint density at radius 2 is 2.19 bits per heavy atom. The van der Waals surface area contributed by atoms with E-state index in [1.165, 1.54) is 0 Å². The van der Waals surface area contributed by atoms with Crippen molar-refractivity contribution in [1.29, 1.82) is 0 Å². The minimum Gasteiger partial charge on any atom is -0.479 e. The third-order valence-corrected chi connectivity index (χ3v) is 2.99. The number of carboxylic acids is 1. The third kappa shape index (κ3) is 3.37. The predicted molar refractivity (Wildman–Crippen MR) is 56.7 cm³/mol. The summed E-state index contributed by atoms with van der Waals surface area (Å²) in [6, 6.07) is -0.206. The smallest absolute Gasteiger partial charge is 0.341 e. The number of rotatable bonds is 3. The number of aliphatic carboxylic acids is 1. The molecule has 92 valence electrons. The van der Waals surface area contributed by atoms with Crippen molar-refractivity contribution in [3.63, 3.8) is 0 Å². The van der Waals surface area contributed by atoms with Crippen LogP contribution in [0.5, 0.6) is 0 Å². The van der Waals surface area contributed by atoms with E-state index >= 15 is 0 Å². The van der Waals surface area contributed by atoms with Gasteiger partial charge < -0.3 is 10.0 Å². The number of likely N-dealkylation sites (tertiary alicyclic amines) is 1. The van der Waals surface area contributed by atoms with Crippen LogP contribution in [0.2, 0.25) is 0 Å². The van der Waals surface area contributed by atoms with Gasteiger partial charge in [0.05, 0.1) is 0 Å². The fourth-order valence-corrected chi connectivity index (χ4v) is 1.84. The van der Waals surface area contributed by atoms with Gasteiger partial charge in [-0.15, -0.1) is 0 Å². The maximum atomic E-state index is 11.6. The van der Waals surface area contributed by atoms with Gasteiger partial charge in [-0.3, -0.25) is 4.84 Å². The molecule has 1 aliphatic heterocycles. The van der Waals surface area contributed by atoms with Gasteiger partial charge in [-0.1, -0.05) is 6.92 Å². The van der Waals surface area contributed by atoms with Crippen LogP contribution >= 0.6 is 0 Å². The van der Waals surface area contributed by atoms with E-state index in [4.69, 9.17) is 5.11 Å². The summed E-state index contributed by atoms with van der Waals surface area (Å²) >= 11 is 0. The molecule has 0 bridgehead atoms. The Bertz CT molecular complexity index is 270. The molecule has 6 heteroatoms. The van der Waals surface area contributed by atoms with Crippen LogP contribution in [0.25, 0.3) is 0 Å². The first kappa shape index (κ1) is 12.8. The SMILES string of the molecule is CC1CCCN(C(=O)NOCC(=O)O)C1C. The molecule has 2 atom stereocenters. The quantitative estimate of drug-likeness (QED) is 0.704. The minimum atomic E-state index is -1.11. The highest BCUT2D eigenvalue weighted by Crippen LogP contribution is 2.22. The lowest BCUT2D eigenvalue weighted by Crippen LogP contribution is -2.50. The molecule has 1 rings (SSSR count). The average molecular weight is 230 g/mol. The lowest BCUT2D eigenvalue weighted by molar-refractivity contribution is -0.144. The number of hydrogen-bond donors (Lipinski definition) is 2. The molecule has 0 aromatic rings. The monoisotopic (exact) mass is 230 g/mol. The number of nitrogens with one attached hydrogen (secondary N) is 1. The van der Waals surface area contributed by atoms with Gasteiger partial charge in [0.15, 0.2) is 6.61 Å². The summed E-state index contributed by atoms with van der Waals surface area (Å²) in [7, 11) is 0. The van der Waals surface area contributed by atoms with Gasteiger partial charge in [0.25, 0.3) is 0 Å². The summed E-state index contributed by atoms with van der Waals surface area (Å²) in [6.45, 7) is 4.25. The highest BCUT2D eigenvalue weighted by atomic mass is 16.7. The zero-order valence-electron chi connectivity index (χ0n) is 9.60. The average Bonchev–Trinajstić information content (AvgIpc) is 2.21. The van der Waals surface area contributed by atoms with Crippen LogP contribution in [0.4, 0.5) is 4.79 Å². The lowest BCUT2D eigenvalue weighted by Gasteiger charge is -2.37. The van der Waals surface area contributed by atoms with Crippen LogP contribution in [0, 0.1) is 5.92 Å². The van der Waals surface area contributed by atoms with Crippen LogP contribution in [-0.2, 0) is 9.63 Å². The number of amides is 2. The van der Waals surface area contributed by atoms with Gasteiger partial charge >= 0.3 is 12.0 Å². The third-order valence-electron chi connectivity index (χ3n) is 2.99. The van der Waals surface area contributed by atoms with Crippen molar-refractivity contribution in [3.8, 4) is 0 Å². The molecule has 2 unspecified atom stereocenters. The first-order chi connectivity index (χ1) is 7.52. The van der Waals surface area contributed by atoms with Gasteiger partial charge in [-0.25, -0.2) is 15.1 Å². The molecular formula is C10H18N2O4. The predicted octanol–water partition coefficient (Wildman–Crippen LogP) is 0.833. The molecule has 0 radical (unpaired) electrons. The Morgan fingerprint density at radius 3 is 2.81 bits per heavy atom. The lowest BCUT2D eigenvalue weighted by atomic mass is 9.92. The van der Waals surface area contributed by atoms with E-state index in [1.54, 1.807) is 4.90 Å². The largest absolute Gasteiger partial charge is 0.479 e. The molecule has 6 nitrogen and oxygen atoms in total. The molecule has 1 aliphatic rings. The number of hydrogen-bond acceptors (Lipinski definition) is 3. The fourth-order valence-electron chi connectivity index (χ4n) is 1.84. The summed E-state index contributed by atoms with van der Waals surface area (Å²) in [4.78, 5) is 28.0. The number of carbonyl (C=O) groups is 2. The van der Waals surface area contributed by atoms with Crippen molar-refractivity contribution in [2.45, 2.75) is 32.7 Å². The van der Waals surface area contributed by atoms with Crippen LogP contribution in [0.15, 0.2) is 0 Å². The summed E-state index contributed by atoms with van der Waals surface area (Å²) in [6.07, 6.45) is 2.08. The Labute approximate surface area is 94.5 Å². The number of piperidine rings is 1. The van der Waals surface area contributed by atoms with Crippen molar-refractivity contribution in [3.05, 3.63) is 0 Å². The van der Waals surface area contributed by atoms with E-state index in [1.807, 2.05) is 6.92 Å². The van der Waals surface area contributed by atoms with E-state index in [-0.39, 0.29) is 12.1 Å². The Morgan fingerprint density at radius 1 is 1.50 bits per heavy atom. The van der Waals surface area contributed by atoms with Crippen molar-refractivity contribution in [2.24, 2.45) is 5.92 Å². The zero-order valence-corrected chi connectivity index (χ0v) is 9.60. The molecule has 2 N–H and O–H groups in total. The minimum absolute atomic E-state index is 0.155. The van der Waals surface area contributed by atoms with Crippen molar-refractivity contribution < 1.29 is 19.5 Å². The second-order valence-corrected chi connectivity index (χ2v) is 4.14. The summed E-state index contributed by atoms with van der Waals surface area (Å²) in [5.41, 5.74) is 2.14. The van der Waals surface area contributed by atoms with Crippen LogP contribution < -0.4 is 5.48 Å². The number of urea groups is 1. The topological polar surface area (TPSA) is 78.9 Å². The van der Waals surface area contributed by atoms with Crippen molar-refractivity contribution in [2.75, 3.05) is 13.2 Å². The van der Waals surface area contributed by atoms with Crippen LogP contribution in [0.1, 0.15) is 26.7 Å². The molecule has 2 amide bonds. The van der Waals surface area contributed by atoms with Gasteiger partial charge in [-0.05, 0) is 25.7 Å². The summed E-state index contributed by atoms with van der Waals surface area (Å²) in [5.74, 6) is -0.653. The Balaban J connectivity index is 2.37. The number of carbonyl (C=O) groups excluding carboxylic acids is 1. The highest BCUT2D eigenvalue weighted by molar-refractivity contribution is 5.74. The molecular weight excluding hydrogens is 212 g/mol. The van der Waals surface area contributed by atoms with Crippen molar-refractivity contribution >= 4 is 12.0 Å². The van der Waals surface area contributed by atoms with E-state index in [0.717, 1.165) is 12.8 Å². The fraction of sp³-hybridized carbons (Fsp3) is 0.800. The molecule has 1 fully saturated rings. The molecule has 0 spiro atoms. The summed E-state index contributed by atoms with van der Waals surface area (Å²) in [5, 5.41) is 8.34. The van der Waals surface area contributed by atoms with Crippen molar-refractivity contribution in [1.82, 2.24) is 10.4 Å². The first-order valence-corrected chi connectivity index (χ1v) is 5.42. The molecule has 0 aromatic carbocycles. The van der Waals surface area contributed by atoms with E-state index in [2.05, 4.69) is 17.2 Å². The van der Waals surface area contributed by atoms with Gasteiger partial charge in [0.2, 0.25) is 0 Å². The van der Waals surface area contributed by atoms with Crippen LogP contribution in [0.3, 0.4) is 0 Å². The molecule has 0 aromatic heterocycles. The normalized spacial score (nSPS) is 25.2. The van der Waals surface area contributed by atoms with E-state index in [9.17, 15) is 9.59 Å². The Kier molecular flexibility index (Phi) is 4.54. The second-order valence-electron chi connectivity index (χ2n) is 4.14. The highest BCUT2D eigenvalue weighted by Gasteiger charge is 2.28. The molecule has 16 heavy (non-hydrogen) atoms. The van der Waals surface area contributed by atoms with Gasteiger partial charge in [0, 0.05) is 12.6 Å². The van der Waals surface area contributed by atoms with Crippen LogP contribution in [-0.4, -0.2) is 41.2 Å². The number of carboxylic acid groups (broad SMARTS) is 1.